The van der Waals surface area contributed by atoms with E-state index in [1.54, 1.807) is 0 Å². The highest BCUT2D eigenvalue weighted by Crippen LogP contribution is 2.12. The summed E-state index contributed by atoms with van der Waals surface area (Å²) in [5, 5.41) is 3.59. The van der Waals surface area contributed by atoms with E-state index in [1.165, 1.54) is 25.9 Å². The van der Waals surface area contributed by atoms with Gasteiger partial charge in [0.15, 0.2) is 0 Å². The zero-order valence-corrected chi connectivity index (χ0v) is 10.5. The Morgan fingerprint density at radius 2 is 2.27 bits per heavy atom. The van der Waals surface area contributed by atoms with Gasteiger partial charge in [-0.15, -0.1) is 0 Å². The van der Waals surface area contributed by atoms with Crippen molar-refractivity contribution in [3.8, 4) is 0 Å². The number of likely N-dealkylation sites (tertiary alicyclic amines) is 1. The van der Waals surface area contributed by atoms with Crippen LogP contribution < -0.4 is 5.32 Å². The number of rotatable bonds is 7. The standard InChI is InChI=1S/C12H26N2O/c1-4-7-13-12-6-8-14(9-12)11(3)10-15-5-2/h11-13H,4-10H2,1-3H3. The van der Waals surface area contributed by atoms with Crippen LogP contribution in [0, 0.1) is 0 Å². The van der Waals surface area contributed by atoms with Crippen LogP contribution in [-0.2, 0) is 4.74 Å². The van der Waals surface area contributed by atoms with Crippen molar-refractivity contribution >= 4 is 0 Å². The average Bonchev–Trinajstić information content (AvgIpc) is 2.71. The predicted octanol–water partition coefficient (Wildman–Crippen LogP) is 1.49. The Kier molecular flexibility index (Phi) is 6.22. The molecule has 1 N–H and O–H groups in total. The molecular formula is C12H26N2O. The number of nitrogens with zero attached hydrogens (tertiary/aromatic N) is 1. The minimum atomic E-state index is 0.568. The van der Waals surface area contributed by atoms with Crippen molar-refractivity contribution < 1.29 is 4.74 Å². The molecule has 1 aliphatic rings. The molecule has 0 saturated carbocycles. The number of nitrogens with one attached hydrogen (secondary N) is 1. The van der Waals surface area contributed by atoms with Gasteiger partial charge in [0.25, 0.3) is 0 Å². The molecule has 15 heavy (non-hydrogen) atoms. The monoisotopic (exact) mass is 214 g/mol. The zero-order chi connectivity index (χ0) is 11.1. The first-order valence-corrected chi connectivity index (χ1v) is 6.33. The molecule has 0 aromatic heterocycles. The molecule has 0 aromatic carbocycles. The second kappa shape index (κ2) is 7.20. The summed E-state index contributed by atoms with van der Waals surface area (Å²) >= 11 is 0. The summed E-state index contributed by atoms with van der Waals surface area (Å²) in [7, 11) is 0. The average molecular weight is 214 g/mol. The Hall–Kier alpha value is -0.120. The number of ether oxygens (including phenoxy) is 1. The van der Waals surface area contributed by atoms with E-state index in [2.05, 4.69) is 31.0 Å². The van der Waals surface area contributed by atoms with Gasteiger partial charge >= 0.3 is 0 Å². The molecule has 0 aliphatic carbocycles. The summed E-state index contributed by atoms with van der Waals surface area (Å²) in [4.78, 5) is 2.53. The first-order valence-electron chi connectivity index (χ1n) is 6.33. The highest BCUT2D eigenvalue weighted by Gasteiger charge is 2.25. The molecule has 1 rings (SSSR count). The summed E-state index contributed by atoms with van der Waals surface area (Å²) in [5.74, 6) is 0. The summed E-state index contributed by atoms with van der Waals surface area (Å²) in [6.07, 6.45) is 2.52. The molecule has 0 bridgehead atoms. The van der Waals surface area contributed by atoms with Crippen LogP contribution in [0.5, 0.6) is 0 Å². The lowest BCUT2D eigenvalue weighted by Crippen LogP contribution is -2.38. The minimum Gasteiger partial charge on any atom is -0.380 e. The van der Waals surface area contributed by atoms with Gasteiger partial charge in [0.1, 0.15) is 0 Å². The molecule has 3 heteroatoms. The van der Waals surface area contributed by atoms with Crippen molar-refractivity contribution in [3.05, 3.63) is 0 Å². The molecule has 2 unspecified atom stereocenters. The van der Waals surface area contributed by atoms with Crippen LogP contribution in [0.1, 0.15) is 33.6 Å². The Bertz CT molecular complexity index is 164. The first kappa shape index (κ1) is 12.9. The largest absolute Gasteiger partial charge is 0.380 e. The van der Waals surface area contributed by atoms with Gasteiger partial charge in [0.2, 0.25) is 0 Å². The highest BCUT2D eigenvalue weighted by atomic mass is 16.5. The third-order valence-electron chi connectivity index (χ3n) is 3.09. The lowest BCUT2D eigenvalue weighted by molar-refractivity contribution is 0.0835. The van der Waals surface area contributed by atoms with Crippen LogP contribution in [-0.4, -0.2) is 49.8 Å². The molecule has 1 saturated heterocycles. The lowest BCUT2D eigenvalue weighted by atomic mass is 10.2. The van der Waals surface area contributed by atoms with Gasteiger partial charge in [-0.25, -0.2) is 0 Å². The van der Waals surface area contributed by atoms with Crippen LogP contribution >= 0.6 is 0 Å². The van der Waals surface area contributed by atoms with Crippen molar-refractivity contribution in [2.24, 2.45) is 0 Å². The van der Waals surface area contributed by atoms with Crippen LogP contribution in [0.2, 0.25) is 0 Å². The Labute approximate surface area is 94.2 Å². The summed E-state index contributed by atoms with van der Waals surface area (Å²) in [5.41, 5.74) is 0. The van der Waals surface area contributed by atoms with Gasteiger partial charge in [-0.05, 0) is 33.2 Å². The van der Waals surface area contributed by atoms with Gasteiger partial charge in [-0.3, -0.25) is 4.90 Å². The van der Waals surface area contributed by atoms with Crippen molar-refractivity contribution in [2.75, 3.05) is 32.8 Å². The Morgan fingerprint density at radius 1 is 1.47 bits per heavy atom. The topological polar surface area (TPSA) is 24.5 Å². The normalized spacial score (nSPS) is 24.6. The van der Waals surface area contributed by atoms with E-state index in [9.17, 15) is 0 Å². The van der Waals surface area contributed by atoms with E-state index in [4.69, 9.17) is 4.74 Å². The molecule has 1 fully saturated rings. The van der Waals surface area contributed by atoms with E-state index in [-0.39, 0.29) is 0 Å². The molecular weight excluding hydrogens is 188 g/mol. The molecule has 90 valence electrons. The predicted molar refractivity (Wildman–Crippen MR) is 64.2 cm³/mol. The molecule has 0 radical (unpaired) electrons. The fraction of sp³-hybridized carbons (Fsp3) is 1.00. The number of hydrogen-bond acceptors (Lipinski definition) is 3. The highest BCUT2D eigenvalue weighted by molar-refractivity contribution is 4.83. The molecule has 0 amide bonds. The van der Waals surface area contributed by atoms with E-state index >= 15 is 0 Å². The van der Waals surface area contributed by atoms with Crippen molar-refractivity contribution in [1.29, 1.82) is 0 Å². The summed E-state index contributed by atoms with van der Waals surface area (Å²) in [6.45, 7) is 11.8. The maximum atomic E-state index is 5.46. The van der Waals surface area contributed by atoms with Crippen LogP contribution in [0.4, 0.5) is 0 Å². The maximum Gasteiger partial charge on any atom is 0.0619 e. The molecule has 1 heterocycles. The third-order valence-corrected chi connectivity index (χ3v) is 3.09. The molecule has 3 nitrogen and oxygen atoms in total. The van der Waals surface area contributed by atoms with Gasteiger partial charge in [0, 0.05) is 31.8 Å². The van der Waals surface area contributed by atoms with Crippen LogP contribution in [0.15, 0.2) is 0 Å². The van der Waals surface area contributed by atoms with Crippen LogP contribution in [0.25, 0.3) is 0 Å². The van der Waals surface area contributed by atoms with Crippen molar-refractivity contribution in [1.82, 2.24) is 10.2 Å². The fourth-order valence-electron chi connectivity index (χ4n) is 2.10. The third kappa shape index (κ3) is 4.49. The lowest BCUT2D eigenvalue weighted by Gasteiger charge is -2.24. The molecule has 0 aromatic rings. The zero-order valence-electron chi connectivity index (χ0n) is 10.5. The van der Waals surface area contributed by atoms with Gasteiger partial charge in [-0.2, -0.15) is 0 Å². The minimum absolute atomic E-state index is 0.568. The fourth-order valence-corrected chi connectivity index (χ4v) is 2.10. The second-order valence-corrected chi connectivity index (χ2v) is 4.44. The quantitative estimate of drug-likeness (QED) is 0.695. The van der Waals surface area contributed by atoms with Gasteiger partial charge in [0.05, 0.1) is 6.61 Å². The maximum absolute atomic E-state index is 5.46. The van der Waals surface area contributed by atoms with Crippen molar-refractivity contribution in [3.63, 3.8) is 0 Å². The summed E-state index contributed by atoms with van der Waals surface area (Å²) in [6, 6.07) is 1.27. The Balaban J connectivity index is 2.17. The molecule has 2 atom stereocenters. The van der Waals surface area contributed by atoms with Crippen molar-refractivity contribution in [2.45, 2.75) is 45.7 Å². The Morgan fingerprint density at radius 3 is 2.93 bits per heavy atom. The second-order valence-electron chi connectivity index (χ2n) is 4.44. The smallest absolute Gasteiger partial charge is 0.0619 e. The van der Waals surface area contributed by atoms with Crippen LogP contribution in [0.3, 0.4) is 0 Å². The SMILES string of the molecule is CCCNC1CCN(C(C)COCC)C1. The van der Waals surface area contributed by atoms with Gasteiger partial charge in [-0.1, -0.05) is 6.92 Å². The van der Waals surface area contributed by atoms with E-state index in [0.29, 0.717) is 12.1 Å². The summed E-state index contributed by atoms with van der Waals surface area (Å²) < 4.78 is 5.46. The molecule has 0 spiro atoms. The van der Waals surface area contributed by atoms with Gasteiger partial charge < -0.3 is 10.1 Å². The van der Waals surface area contributed by atoms with E-state index in [1.807, 2.05) is 0 Å². The first-order chi connectivity index (χ1) is 7.27. The van der Waals surface area contributed by atoms with E-state index in [0.717, 1.165) is 19.8 Å². The molecule has 1 aliphatic heterocycles. The van der Waals surface area contributed by atoms with E-state index < -0.39 is 0 Å². The number of hydrogen-bond donors (Lipinski definition) is 1.